The smallest absolute Gasteiger partial charge is 0.163 e. The first-order valence-electron chi connectivity index (χ1n) is 23.4. The summed E-state index contributed by atoms with van der Waals surface area (Å²) in [7, 11) is 0. The lowest BCUT2D eigenvalue weighted by atomic mass is 9.81. The first kappa shape index (κ1) is 39.5. The van der Waals surface area contributed by atoms with Crippen LogP contribution >= 0.6 is 11.3 Å². The molecule has 69 heavy (non-hydrogen) atoms. The Hall–Kier alpha value is -8.71. The van der Waals surface area contributed by atoms with Crippen molar-refractivity contribution in [2.75, 3.05) is 0 Å². The molecule has 0 saturated heterocycles. The normalized spacial score (nSPS) is 15.1. The Bertz CT molecular complexity index is 4000. The van der Waals surface area contributed by atoms with E-state index in [1.54, 1.807) is 0 Å². The monoisotopic (exact) mass is 900 g/mol. The van der Waals surface area contributed by atoms with E-state index in [2.05, 4.69) is 199 Å². The van der Waals surface area contributed by atoms with Gasteiger partial charge in [-0.2, -0.15) is 0 Å². The topological polar surface area (TPSA) is 52.8 Å². The molecule has 0 amide bonds. The van der Waals surface area contributed by atoms with Crippen LogP contribution in [-0.2, 0) is 0 Å². The molecule has 9 aromatic carbocycles. The molecule has 0 saturated carbocycles. The second-order valence-electron chi connectivity index (χ2n) is 17.9. The van der Waals surface area contributed by atoms with Crippen LogP contribution in [0, 0.1) is 0 Å². The molecule has 6 heteroatoms. The maximum atomic E-state index is 6.63. The van der Waals surface area contributed by atoms with Gasteiger partial charge in [0.2, 0.25) is 0 Å². The van der Waals surface area contributed by atoms with Gasteiger partial charge in [-0.15, -0.1) is 11.3 Å². The number of benzene rings is 9. The molecule has 2 atom stereocenters. The van der Waals surface area contributed by atoms with Crippen molar-refractivity contribution >= 4 is 53.3 Å². The molecule has 14 rings (SSSR count). The van der Waals surface area contributed by atoms with E-state index in [0.29, 0.717) is 17.5 Å². The molecule has 0 N–H and O–H groups in total. The first-order chi connectivity index (χ1) is 34.2. The minimum atomic E-state index is -0.171. The van der Waals surface area contributed by atoms with Crippen LogP contribution in [0.5, 0.6) is 5.75 Å². The molecule has 0 bridgehead atoms. The summed E-state index contributed by atoms with van der Waals surface area (Å²) in [6, 6.07) is 76.0. The average molecular weight is 901 g/mol. The van der Waals surface area contributed by atoms with Crippen LogP contribution in [0.1, 0.15) is 23.2 Å². The molecule has 0 spiro atoms. The van der Waals surface area contributed by atoms with Crippen LogP contribution in [0.2, 0.25) is 0 Å². The lowest BCUT2D eigenvalue weighted by Crippen LogP contribution is -2.16. The van der Waals surface area contributed by atoms with Gasteiger partial charge in [-0.05, 0) is 100 Å². The van der Waals surface area contributed by atoms with Crippen molar-refractivity contribution < 1.29 is 4.74 Å². The van der Waals surface area contributed by atoms with Crippen LogP contribution in [0.3, 0.4) is 0 Å². The Balaban J connectivity index is 0.877. The highest BCUT2D eigenvalue weighted by atomic mass is 32.1. The van der Waals surface area contributed by atoms with Crippen molar-refractivity contribution in [1.29, 1.82) is 0 Å². The molecule has 4 heterocycles. The van der Waals surface area contributed by atoms with Crippen molar-refractivity contribution in [3.05, 3.63) is 248 Å². The number of aromatic nitrogens is 4. The summed E-state index contributed by atoms with van der Waals surface area (Å²) in [6.45, 7) is 0. The largest absolute Gasteiger partial charge is 0.461 e. The predicted molar refractivity (Wildman–Crippen MR) is 284 cm³/mol. The van der Waals surface area contributed by atoms with Gasteiger partial charge in [-0.1, -0.05) is 164 Å². The molecule has 0 fully saturated rings. The minimum absolute atomic E-state index is 0.104. The molecule has 1 aliphatic carbocycles. The van der Waals surface area contributed by atoms with Gasteiger partial charge < -0.3 is 9.30 Å². The number of nitrogens with zero attached hydrogens (tertiary/aromatic N) is 4. The van der Waals surface area contributed by atoms with E-state index in [1.165, 1.54) is 58.7 Å². The summed E-state index contributed by atoms with van der Waals surface area (Å²) in [4.78, 5) is 15.3. The number of hydrogen-bond acceptors (Lipinski definition) is 5. The number of para-hydroxylation sites is 1. The fourth-order valence-electron chi connectivity index (χ4n) is 10.6. The quantitative estimate of drug-likeness (QED) is 0.160. The Kier molecular flexibility index (Phi) is 9.14. The molecule has 5 nitrogen and oxygen atoms in total. The van der Waals surface area contributed by atoms with Gasteiger partial charge in [0.25, 0.3) is 0 Å². The molecule has 324 valence electrons. The first-order valence-corrected chi connectivity index (χ1v) is 24.2. The highest BCUT2D eigenvalue weighted by Crippen LogP contribution is 2.51. The van der Waals surface area contributed by atoms with Crippen LogP contribution in [0.4, 0.5) is 0 Å². The Labute approximate surface area is 402 Å². The van der Waals surface area contributed by atoms with Gasteiger partial charge in [0.05, 0.1) is 22.9 Å². The van der Waals surface area contributed by atoms with Crippen molar-refractivity contribution in [1.82, 2.24) is 19.5 Å². The zero-order valence-corrected chi connectivity index (χ0v) is 38.0. The van der Waals surface area contributed by atoms with E-state index in [1.807, 2.05) is 47.7 Å². The van der Waals surface area contributed by atoms with Gasteiger partial charge in [0.15, 0.2) is 11.6 Å². The Morgan fingerprint density at radius 1 is 0.449 bits per heavy atom. The Morgan fingerprint density at radius 3 is 1.75 bits per heavy atom. The number of rotatable bonds is 7. The summed E-state index contributed by atoms with van der Waals surface area (Å²) in [5.74, 6) is 3.51. The molecule has 12 aromatic rings. The Morgan fingerprint density at radius 2 is 1.03 bits per heavy atom. The SMILES string of the molecule is C1=CC(c2nc(-c3ccccc3)nc(-c3ccccc3)n2)C2C(=C1)Oc1ccc(-c3ccc4c(c3)c3cc(-c5cccc(-c6cccc7c6sc6ccccc67)c5)ccc3n4-c3ccccc3)cc12. The standard InChI is InChI=1S/C63H40N4OS/c1-4-15-39(16-5-1)61-64-62(40-17-6-2-7-18-40)66-63(65-61)50-26-14-27-57-59(50)53-38-44(31-34-56(53)68-57)43-30-33-55-52(37-43)51-36-42(29-32-54(51)67(55)46-21-8-3-9-22-46)41-19-12-20-45(35-41)47-24-13-25-49-48-23-10-11-28-58(48)69-60(47)49/h1-38,50,59H. The van der Waals surface area contributed by atoms with E-state index in [0.717, 1.165) is 50.5 Å². The summed E-state index contributed by atoms with van der Waals surface area (Å²) < 4.78 is 11.7. The van der Waals surface area contributed by atoms with Crippen molar-refractivity contribution in [3.8, 4) is 67.6 Å². The summed E-state index contributed by atoms with van der Waals surface area (Å²) >= 11 is 1.88. The third kappa shape index (κ3) is 6.63. The lowest BCUT2D eigenvalue weighted by molar-refractivity contribution is 0.414. The third-order valence-electron chi connectivity index (χ3n) is 13.9. The van der Waals surface area contributed by atoms with Gasteiger partial charge in [0, 0.05) is 53.3 Å². The van der Waals surface area contributed by atoms with Crippen molar-refractivity contribution in [2.45, 2.75) is 11.8 Å². The average Bonchev–Trinajstić information content (AvgIpc) is 4.10. The zero-order chi connectivity index (χ0) is 45.4. The highest BCUT2D eigenvalue weighted by Gasteiger charge is 2.39. The van der Waals surface area contributed by atoms with Gasteiger partial charge in [-0.3, -0.25) is 0 Å². The van der Waals surface area contributed by atoms with Gasteiger partial charge in [0.1, 0.15) is 17.3 Å². The molecule has 2 aliphatic rings. The molecule has 3 aromatic heterocycles. The number of allylic oxidation sites excluding steroid dienone is 4. The second kappa shape index (κ2) is 16.0. The highest BCUT2D eigenvalue weighted by molar-refractivity contribution is 7.26. The third-order valence-corrected chi connectivity index (χ3v) is 15.1. The number of ether oxygens (including phenoxy) is 1. The minimum Gasteiger partial charge on any atom is -0.461 e. The molecular weight excluding hydrogens is 861 g/mol. The fourth-order valence-corrected chi connectivity index (χ4v) is 11.8. The van der Waals surface area contributed by atoms with Crippen LogP contribution in [0.15, 0.2) is 236 Å². The van der Waals surface area contributed by atoms with E-state index in [9.17, 15) is 0 Å². The summed E-state index contributed by atoms with van der Waals surface area (Å²) in [6.07, 6.45) is 6.37. The predicted octanol–water partition coefficient (Wildman–Crippen LogP) is 16.4. The van der Waals surface area contributed by atoms with Crippen LogP contribution < -0.4 is 4.74 Å². The second-order valence-corrected chi connectivity index (χ2v) is 18.9. The maximum absolute atomic E-state index is 6.63. The number of fused-ring (bicyclic) bond motifs is 9. The van der Waals surface area contributed by atoms with E-state index >= 15 is 0 Å². The van der Waals surface area contributed by atoms with Gasteiger partial charge in [-0.25, -0.2) is 15.0 Å². The van der Waals surface area contributed by atoms with E-state index < -0.39 is 0 Å². The number of thiophene rings is 1. The zero-order valence-electron chi connectivity index (χ0n) is 37.2. The van der Waals surface area contributed by atoms with E-state index in [4.69, 9.17) is 19.7 Å². The lowest BCUT2D eigenvalue weighted by Gasteiger charge is -2.23. The van der Waals surface area contributed by atoms with Crippen LogP contribution in [-0.4, -0.2) is 19.5 Å². The van der Waals surface area contributed by atoms with Crippen molar-refractivity contribution in [2.24, 2.45) is 0 Å². The summed E-state index contributed by atoms with van der Waals surface area (Å²) in [5, 5.41) is 5.03. The summed E-state index contributed by atoms with van der Waals surface area (Å²) in [5.41, 5.74) is 13.6. The van der Waals surface area contributed by atoms with Crippen LogP contribution in [0.25, 0.3) is 104 Å². The number of hydrogen-bond donors (Lipinski definition) is 0. The maximum Gasteiger partial charge on any atom is 0.163 e. The molecule has 2 unspecified atom stereocenters. The molecular formula is C63H40N4OS. The van der Waals surface area contributed by atoms with Crippen molar-refractivity contribution in [3.63, 3.8) is 0 Å². The molecule has 0 radical (unpaired) electrons. The van der Waals surface area contributed by atoms with E-state index in [-0.39, 0.29) is 11.8 Å². The molecule has 1 aliphatic heterocycles. The fraction of sp³-hybridized carbons (Fsp3) is 0.0317. The van der Waals surface area contributed by atoms with Gasteiger partial charge >= 0.3 is 0 Å².